The summed E-state index contributed by atoms with van der Waals surface area (Å²) in [5.74, 6) is 1.06. The number of rotatable bonds is 10. The predicted octanol–water partition coefficient (Wildman–Crippen LogP) is 5.95. The van der Waals surface area contributed by atoms with Gasteiger partial charge in [0.1, 0.15) is 5.75 Å². The number of aryl methyl sites for hydroxylation is 2. The first-order chi connectivity index (χ1) is 18.2. The van der Waals surface area contributed by atoms with Gasteiger partial charge in [-0.3, -0.25) is 4.79 Å². The smallest absolute Gasteiger partial charge is 0.416 e. The third-order valence-electron chi connectivity index (χ3n) is 6.73. The molecule has 0 amide bonds. The van der Waals surface area contributed by atoms with Gasteiger partial charge in [-0.15, -0.1) is 0 Å². The number of methoxy groups -OCH3 is 1. The Morgan fingerprint density at radius 1 is 1.08 bits per heavy atom. The molecular formula is C29H32F3N3O3. The van der Waals surface area contributed by atoms with E-state index < -0.39 is 11.7 Å². The fourth-order valence-corrected chi connectivity index (χ4v) is 4.50. The van der Waals surface area contributed by atoms with Crippen LogP contribution >= 0.6 is 0 Å². The van der Waals surface area contributed by atoms with Crippen molar-refractivity contribution in [3.63, 3.8) is 0 Å². The molecule has 1 aromatic heterocycles. The lowest BCUT2D eigenvalue weighted by atomic mass is 9.97. The van der Waals surface area contributed by atoms with E-state index in [1.165, 1.54) is 19.2 Å². The SMILES string of the molecule is CCc1cnc(N(CCCC2CCc3ccc(CC(=O)OC)cc3O2)Cc2ccc(C(F)(F)F)cc2)nc1. The zero-order chi connectivity index (χ0) is 27.1. The molecule has 0 aliphatic carbocycles. The molecule has 2 heterocycles. The molecule has 202 valence electrons. The van der Waals surface area contributed by atoms with Crippen LogP contribution in [0.5, 0.6) is 5.75 Å². The molecule has 1 aliphatic heterocycles. The fraction of sp³-hybridized carbons (Fsp3) is 0.414. The van der Waals surface area contributed by atoms with Crippen LogP contribution in [0.3, 0.4) is 0 Å². The van der Waals surface area contributed by atoms with Crippen LogP contribution in [0.1, 0.15) is 54.0 Å². The van der Waals surface area contributed by atoms with Gasteiger partial charge in [0.25, 0.3) is 0 Å². The molecule has 4 rings (SSSR count). The van der Waals surface area contributed by atoms with Gasteiger partial charge >= 0.3 is 12.1 Å². The minimum atomic E-state index is -4.37. The summed E-state index contributed by atoms with van der Waals surface area (Å²) in [6.07, 6.45) is 3.65. The number of carbonyl (C=O) groups is 1. The van der Waals surface area contributed by atoms with Gasteiger partial charge in [0.2, 0.25) is 5.95 Å². The van der Waals surface area contributed by atoms with Gasteiger partial charge in [-0.05, 0) is 72.6 Å². The van der Waals surface area contributed by atoms with E-state index in [9.17, 15) is 18.0 Å². The van der Waals surface area contributed by atoms with Crippen LogP contribution in [-0.2, 0) is 41.5 Å². The van der Waals surface area contributed by atoms with Gasteiger partial charge in [0.15, 0.2) is 0 Å². The number of carbonyl (C=O) groups excluding carboxylic acids is 1. The van der Waals surface area contributed by atoms with Crippen LogP contribution in [0.15, 0.2) is 54.9 Å². The number of alkyl halides is 3. The van der Waals surface area contributed by atoms with Gasteiger partial charge in [0, 0.05) is 25.5 Å². The number of hydrogen-bond donors (Lipinski definition) is 0. The van der Waals surface area contributed by atoms with Crippen LogP contribution < -0.4 is 9.64 Å². The molecule has 38 heavy (non-hydrogen) atoms. The minimum Gasteiger partial charge on any atom is -0.490 e. The fourth-order valence-electron chi connectivity index (χ4n) is 4.50. The highest BCUT2D eigenvalue weighted by Crippen LogP contribution is 2.31. The van der Waals surface area contributed by atoms with Gasteiger partial charge in [-0.2, -0.15) is 13.2 Å². The Kier molecular flexibility index (Phi) is 8.86. The summed E-state index contributed by atoms with van der Waals surface area (Å²) >= 11 is 0. The maximum absolute atomic E-state index is 13.0. The van der Waals surface area contributed by atoms with Crippen molar-refractivity contribution in [3.8, 4) is 5.75 Å². The molecule has 1 aliphatic rings. The summed E-state index contributed by atoms with van der Waals surface area (Å²) in [6.45, 7) is 3.05. The lowest BCUT2D eigenvalue weighted by Crippen LogP contribution is -2.28. The number of nitrogens with zero attached hydrogens (tertiary/aromatic N) is 3. The second-order valence-electron chi connectivity index (χ2n) is 9.48. The van der Waals surface area contributed by atoms with Crippen LogP contribution in [-0.4, -0.2) is 35.7 Å². The molecule has 2 aromatic carbocycles. The lowest BCUT2D eigenvalue weighted by Gasteiger charge is -2.28. The zero-order valence-corrected chi connectivity index (χ0v) is 21.6. The molecule has 3 aromatic rings. The third-order valence-corrected chi connectivity index (χ3v) is 6.73. The van der Waals surface area contributed by atoms with E-state index in [-0.39, 0.29) is 18.5 Å². The van der Waals surface area contributed by atoms with Gasteiger partial charge in [-0.1, -0.05) is 31.2 Å². The summed E-state index contributed by atoms with van der Waals surface area (Å²) in [6, 6.07) is 11.1. The molecule has 0 spiro atoms. The number of ether oxygens (including phenoxy) is 2. The average Bonchev–Trinajstić information content (AvgIpc) is 2.92. The third kappa shape index (κ3) is 7.24. The predicted molar refractivity (Wildman–Crippen MR) is 138 cm³/mol. The summed E-state index contributed by atoms with van der Waals surface area (Å²) in [5, 5.41) is 0. The Morgan fingerprint density at radius 3 is 2.45 bits per heavy atom. The maximum atomic E-state index is 13.0. The van der Waals surface area contributed by atoms with E-state index in [0.717, 1.165) is 72.2 Å². The Hall–Kier alpha value is -3.62. The highest BCUT2D eigenvalue weighted by atomic mass is 19.4. The molecule has 0 fully saturated rings. The number of esters is 1. The monoisotopic (exact) mass is 527 g/mol. The summed E-state index contributed by atoms with van der Waals surface area (Å²) in [5.41, 5.74) is 3.09. The van der Waals surface area contributed by atoms with Crippen molar-refractivity contribution in [3.05, 3.63) is 82.7 Å². The highest BCUT2D eigenvalue weighted by molar-refractivity contribution is 5.72. The minimum absolute atomic E-state index is 0.0344. The number of benzene rings is 2. The lowest BCUT2D eigenvalue weighted by molar-refractivity contribution is -0.140. The molecule has 0 saturated heterocycles. The molecule has 0 radical (unpaired) electrons. The van der Waals surface area contributed by atoms with Crippen molar-refractivity contribution >= 4 is 11.9 Å². The molecule has 0 N–H and O–H groups in total. The van der Waals surface area contributed by atoms with Crippen LogP contribution in [0.25, 0.3) is 0 Å². The first-order valence-corrected chi connectivity index (χ1v) is 12.8. The molecule has 6 nitrogen and oxygen atoms in total. The average molecular weight is 528 g/mol. The Balaban J connectivity index is 1.40. The number of hydrogen-bond acceptors (Lipinski definition) is 6. The van der Waals surface area contributed by atoms with Crippen LogP contribution in [0.4, 0.5) is 19.1 Å². The van der Waals surface area contributed by atoms with Gasteiger partial charge in [0.05, 0.1) is 25.2 Å². The Morgan fingerprint density at radius 2 is 1.79 bits per heavy atom. The standard InChI is InChI=1S/C29H32F3N3O3/c1-3-20-17-33-28(34-18-20)35(19-21-7-11-24(12-8-21)29(30,31)32)14-4-5-25-13-10-23-9-6-22(15-26(23)38-25)16-27(36)37-2/h6-9,11-12,15,17-18,25H,3-5,10,13-14,16,19H2,1-2H3. The van der Waals surface area contributed by atoms with E-state index in [1.807, 2.05) is 30.0 Å². The van der Waals surface area contributed by atoms with Crippen molar-refractivity contribution in [2.75, 3.05) is 18.6 Å². The first kappa shape index (κ1) is 27.4. The van der Waals surface area contributed by atoms with E-state index in [2.05, 4.69) is 9.97 Å². The van der Waals surface area contributed by atoms with Crippen LogP contribution in [0.2, 0.25) is 0 Å². The second kappa shape index (κ2) is 12.3. The Labute approximate surface area is 220 Å². The number of halogens is 3. The van der Waals surface area contributed by atoms with E-state index in [0.29, 0.717) is 19.0 Å². The maximum Gasteiger partial charge on any atom is 0.416 e. The normalized spacial score (nSPS) is 14.9. The van der Waals surface area contributed by atoms with E-state index >= 15 is 0 Å². The molecule has 1 unspecified atom stereocenters. The number of aromatic nitrogens is 2. The summed E-state index contributed by atoms with van der Waals surface area (Å²) in [7, 11) is 1.37. The topological polar surface area (TPSA) is 64.6 Å². The van der Waals surface area contributed by atoms with Crippen molar-refractivity contribution in [1.82, 2.24) is 9.97 Å². The van der Waals surface area contributed by atoms with Crippen molar-refractivity contribution in [1.29, 1.82) is 0 Å². The molecular weight excluding hydrogens is 495 g/mol. The van der Waals surface area contributed by atoms with E-state index in [1.54, 1.807) is 12.4 Å². The van der Waals surface area contributed by atoms with Crippen molar-refractivity contribution < 1.29 is 27.4 Å². The summed E-state index contributed by atoms with van der Waals surface area (Å²) < 4.78 is 50.0. The largest absolute Gasteiger partial charge is 0.490 e. The zero-order valence-electron chi connectivity index (χ0n) is 21.6. The van der Waals surface area contributed by atoms with Crippen molar-refractivity contribution in [2.45, 2.75) is 64.3 Å². The first-order valence-electron chi connectivity index (χ1n) is 12.8. The quantitative estimate of drug-likeness (QED) is 0.304. The van der Waals surface area contributed by atoms with Crippen LogP contribution in [0, 0.1) is 0 Å². The second-order valence-corrected chi connectivity index (χ2v) is 9.48. The van der Waals surface area contributed by atoms with Crippen molar-refractivity contribution in [2.24, 2.45) is 0 Å². The Bertz CT molecular complexity index is 1210. The van der Waals surface area contributed by atoms with Gasteiger partial charge < -0.3 is 14.4 Å². The molecule has 1 atom stereocenters. The van der Waals surface area contributed by atoms with Gasteiger partial charge in [-0.25, -0.2) is 9.97 Å². The number of anilines is 1. The molecule has 0 saturated carbocycles. The highest BCUT2D eigenvalue weighted by Gasteiger charge is 2.30. The summed E-state index contributed by atoms with van der Waals surface area (Å²) in [4.78, 5) is 22.6. The van der Waals surface area contributed by atoms with E-state index in [4.69, 9.17) is 9.47 Å². The number of fused-ring (bicyclic) bond motifs is 1. The molecule has 0 bridgehead atoms. The molecule has 9 heteroatoms.